The summed E-state index contributed by atoms with van der Waals surface area (Å²) >= 11 is 0. The van der Waals surface area contributed by atoms with Gasteiger partial charge in [0.15, 0.2) is 0 Å². The normalized spacial score (nSPS) is 8.76. The van der Waals surface area contributed by atoms with E-state index in [4.69, 9.17) is 20.4 Å². The van der Waals surface area contributed by atoms with Crippen LogP contribution in [0.5, 0.6) is 0 Å². The van der Waals surface area contributed by atoms with Crippen LogP contribution in [0, 0.1) is 0 Å². The lowest BCUT2D eigenvalue weighted by molar-refractivity contribution is -0.147. The quantitative estimate of drug-likeness (QED) is 0.354. The van der Waals surface area contributed by atoms with E-state index in [1.165, 1.54) is 0 Å². The van der Waals surface area contributed by atoms with Crippen molar-refractivity contribution in [2.24, 2.45) is 0 Å². The van der Waals surface area contributed by atoms with Gasteiger partial charge < -0.3 is 20.4 Å². The van der Waals surface area contributed by atoms with Crippen molar-refractivity contribution in [1.82, 2.24) is 0 Å². The van der Waals surface area contributed by atoms with Crippen molar-refractivity contribution in [1.29, 1.82) is 0 Å². The lowest BCUT2D eigenvalue weighted by atomic mass is 10.1. The Balaban J connectivity index is 0.000000486. The van der Waals surface area contributed by atoms with Crippen molar-refractivity contribution in [3.05, 3.63) is 41.5 Å². The summed E-state index contributed by atoms with van der Waals surface area (Å²) in [6.07, 6.45) is 0.310. The summed E-state index contributed by atoms with van der Waals surface area (Å²) in [6.45, 7) is 0. The van der Waals surface area contributed by atoms with Gasteiger partial charge in [-0.15, -0.1) is 0 Å². The van der Waals surface area contributed by atoms with Gasteiger partial charge in [-0.25, -0.2) is 9.59 Å². The van der Waals surface area contributed by atoms with Crippen molar-refractivity contribution < 1.29 is 39.6 Å². The van der Waals surface area contributed by atoms with Gasteiger partial charge in [-0.05, 0) is 11.6 Å². The molecule has 0 amide bonds. The third-order valence-electron chi connectivity index (χ3n) is 1.87. The second-order valence-electron chi connectivity index (χ2n) is 3.54. The Labute approximate surface area is 118 Å². The predicted molar refractivity (Wildman–Crippen MR) is 69.6 cm³/mol. The summed E-state index contributed by atoms with van der Waals surface area (Å²) in [5, 5.41) is 32.5. The molecule has 0 heterocycles. The smallest absolute Gasteiger partial charge is 0.343 e. The number of carboxylic acid groups (broad SMARTS) is 4. The summed E-state index contributed by atoms with van der Waals surface area (Å²) in [6, 6.07) is 8.43. The van der Waals surface area contributed by atoms with Crippen molar-refractivity contribution in [2.75, 3.05) is 0 Å². The van der Waals surface area contributed by atoms with Gasteiger partial charge in [-0.3, -0.25) is 9.59 Å². The van der Waals surface area contributed by atoms with Gasteiger partial charge >= 0.3 is 23.9 Å². The standard InChI is InChI=1S/C10H8O4.C3H4O4/c11-9(12)8(10(13)14)6-7-4-2-1-3-5-7;4-2(5)1-3(6)7/h1-6H,(H,11,12)(H,13,14);1H2,(H,4,5)(H,6,7). The Morgan fingerprint density at radius 1 is 0.810 bits per heavy atom. The highest BCUT2D eigenvalue weighted by molar-refractivity contribution is 6.16. The van der Waals surface area contributed by atoms with Crippen LogP contribution in [-0.4, -0.2) is 44.3 Å². The highest BCUT2D eigenvalue weighted by Crippen LogP contribution is 2.06. The Kier molecular flexibility index (Phi) is 7.53. The number of aliphatic carboxylic acids is 4. The van der Waals surface area contributed by atoms with E-state index < -0.39 is 35.9 Å². The van der Waals surface area contributed by atoms with E-state index in [2.05, 4.69) is 0 Å². The van der Waals surface area contributed by atoms with E-state index in [-0.39, 0.29) is 0 Å². The van der Waals surface area contributed by atoms with Gasteiger partial charge in [-0.2, -0.15) is 0 Å². The lowest BCUT2D eigenvalue weighted by Crippen LogP contribution is -2.10. The Morgan fingerprint density at radius 2 is 1.24 bits per heavy atom. The van der Waals surface area contributed by atoms with E-state index >= 15 is 0 Å². The summed E-state index contributed by atoms with van der Waals surface area (Å²) < 4.78 is 0. The van der Waals surface area contributed by atoms with Gasteiger partial charge in [0.05, 0.1) is 0 Å². The highest BCUT2D eigenvalue weighted by Gasteiger charge is 2.15. The number of hydrogen-bond donors (Lipinski definition) is 4. The van der Waals surface area contributed by atoms with Gasteiger partial charge in [0.2, 0.25) is 0 Å². The van der Waals surface area contributed by atoms with Gasteiger partial charge in [0.1, 0.15) is 12.0 Å². The van der Waals surface area contributed by atoms with Crippen molar-refractivity contribution in [3.8, 4) is 0 Å². The average Bonchev–Trinajstić information content (AvgIpc) is 2.35. The first kappa shape index (κ1) is 17.8. The van der Waals surface area contributed by atoms with E-state index in [1.807, 2.05) is 0 Å². The first-order chi connectivity index (χ1) is 9.73. The zero-order valence-corrected chi connectivity index (χ0v) is 10.6. The molecule has 0 radical (unpaired) electrons. The monoisotopic (exact) mass is 296 g/mol. The Hall–Kier alpha value is -3.16. The van der Waals surface area contributed by atoms with E-state index in [1.54, 1.807) is 30.3 Å². The van der Waals surface area contributed by atoms with Crippen molar-refractivity contribution >= 4 is 30.0 Å². The highest BCUT2D eigenvalue weighted by atomic mass is 16.4. The van der Waals surface area contributed by atoms with E-state index in [0.717, 1.165) is 6.08 Å². The van der Waals surface area contributed by atoms with Crippen molar-refractivity contribution in [2.45, 2.75) is 6.42 Å². The minimum atomic E-state index is -1.44. The van der Waals surface area contributed by atoms with Gasteiger partial charge in [0, 0.05) is 0 Å². The molecule has 0 unspecified atom stereocenters. The third-order valence-corrected chi connectivity index (χ3v) is 1.87. The lowest BCUT2D eigenvalue weighted by Gasteiger charge is -1.95. The second-order valence-corrected chi connectivity index (χ2v) is 3.54. The molecule has 112 valence electrons. The number of rotatable bonds is 5. The molecule has 0 aliphatic rings. The molecular formula is C13H12O8. The average molecular weight is 296 g/mol. The summed E-state index contributed by atoms with van der Waals surface area (Å²) in [4.78, 5) is 39.9. The minimum Gasteiger partial charge on any atom is -0.481 e. The zero-order valence-electron chi connectivity index (χ0n) is 10.6. The first-order valence-electron chi connectivity index (χ1n) is 5.41. The molecule has 8 nitrogen and oxygen atoms in total. The van der Waals surface area contributed by atoms with Crippen LogP contribution in [0.1, 0.15) is 12.0 Å². The molecule has 1 aromatic rings. The summed E-state index contributed by atoms with van der Waals surface area (Å²) in [5.41, 5.74) is -0.0940. The molecule has 0 aromatic heterocycles. The molecule has 0 bridgehead atoms. The molecule has 0 atom stereocenters. The molecule has 4 N–H and O–H groups in total. The molecular weight excluding hydrogens is 284 g/mol. The van der Waals surface area contributed by atoms with E-state index in [0.29, 0.717) is 5.56 Å². The second kappa shape index (κ2) is 8.86. The molecule has 0 aliphatic carbocycles. The maximum Gasteiger partial charge on any atom is 0.343 e. The first-order valence-corrected chi connectivity index (χ1v) is 5.41. The fourth-order valence-electron chi connectivity index (χ4n) is 1.06. The summed E-state index contributed by atoms with van der Waals surface area (Å²) in [5.74, 6) is -5.51. The number of benzene rings is 1. The third kappa shape index (κ3) is 8.54. The number of hydrogen-bond acceptors (Lipinski definition) is 4. The van der Waals surface area contributed by atoms with Crippen LogP contribution in [0.15, 0.2) is 35.9 Å². The molecule has 0 spiro atoms. The molecule has 21 heavy (non-hydrogen) atoms. The van der Waals surface area contributed by atoms with Gasteiger partial charge in [-0.1, -0.05) is 30.3 Å². The van der Waals surface area contributed by atoms with Crippen LogP contribution in [0.4, 0.5) is 0 Å². The molecule has 1 aromatic carbocycles. The molecule has 0 fully saturated rings. The molecule has 1 rings (SSSR count). The van der Waals surface area contributed by atoms with Gasteiger partial charge in [0.25, 0.3) is 0 Å². The Bertz CT molecular complexity index is 531. The van der Waals surface area contributed by atoms with Crippen LogP contribution in [0.3, 0.4) is 0 Å². The molecule has 0 saturated heterocycles. The number of carboxylic acids is 4. The number of carbonyl (C=O) groups is 4. The zero-order chi connectivity index (χ0) is 16.4. The minimum absolute atomic E-state index is 0.548. The van der Waals surface area contributed by atoms with Crippen LogP contribution < -0.4 is 0 Å². The predicted octanol–water partition coefficient (Wildman–Crippen LogP) is 0.785. The van der Waals surface area contributed by atoms with Crippen LogP contribution in [0.25, 0.3) is 6.08 Å². The molecule has 8 heteroatoms. The topological polar surface area (TPSA) is 149 Å². The molecule has 0 aliphatic heterocycles. The Morgan fingerprint density at radius 3 is 1.52 bits per heavy atom. The summed E-state index contributed by atoms with van der Waals surface area (Å²) in [7, 11) is 0. The van der Waals surface area contributed by atoms with Crippen LogP contribution >= 0.6 is 0 Å². The molecule has 0 saturated carbocycles. The SMILES string of the molecule is O=C(O)C(=Cc1ccccc1)C(=O)O.O=C(O)CC(=O)O. The van der Waals surface area contributed by atoms with Crippen LogP contribution in [-0.2, 0) is 19.2 Å². The van der Waals surface area contributed by atoms with Crippen molar-refractivity contribution in [3.63, 3.8) is 0 Å². The maximum atomic E-state index is 10.5. The maximum absolute atomic E-state index is 10.5. The van der Waals surface area contributed by atoms with Crippen LogP contribution in [0.2, 0.25) is 0 Å². The largest absolute Gasteiger partial charge is 0.481 e. The fourth-order valence-corrected chi connectivity index (χ4v) is 1.06. The van der Waals surface area contributed by atoms with E-state index in [9.17, 15) is 19.2 Å². The fraction of sp³-hybridized carbons (Fsp3) is 0.0769.